The fraction of sp³-hybridized carbons (Fsp3) is 0.133. The van der Waals surface area contributed by atoms with Crippen molar-refractivity contribution in [2.45, 2.75) is 52.4 Å². The van der Waals surface area contributed by atoms with Crippen LogP contribution in [0.4, 0.5) is 17.1 Å². The fourth-order valence-electron chi connectivity index (χ4n) is 9.77. The van der Waals surface area contributed by atoms with Gasteiger partial charge in [0, 0.05) is 32.9 Å². The number of rotatable bonds is 6. The van der Waals surface area contributed by atoms with Gasteiger partial charge in [-0.25, -0.2) is 0 Å². The van der Waals surface area contributed by atoms with Crippen molar-refractivity contribution in [1.82, 2.24) is 4.57 Å². The number of nitrogens with zero attached hydrogens (tertiary/aromatic N) is 2. The summed E-state index contributed by atoms with van der Waals surface area (Å²) in [5.41, 5.74) is 14.4. The van der Waals surface area contributed by atoms with Gasteiger partial charge in [-0.2, -0.15) is 0 Å². The minimum absolute atomic E-state index is 0.0556. The molecular weight excluding hydrogens is 749 g/mol. The van der Waals surface area contributed by atoms with E-state index in [1.807, 2.05) is 0 Å². The molecule has 11 aromatic rings. The fourth-order valence-corrected chi connectivity index (χ4v) is 9.77. The normalized spacial score (nSPS) is 12.4. The summed E-state index contributed by atoms with van der Waals surface area (Å²) in [5.74, 6) is 0. The summed E-state index contributed by atoms with van der Waals surface area (Å²) in [6.07, 6.45) is 0. The van der Waals surface area contributed by atoms with Gasteiger partial charge in [0.25, 0.3) is 0 Å². The SMILES string of the molecule is CC(C)(C)c1cc(N(c2ccc(-c3ccccc3)c(-c3ccccc3)c2)c2ccc3ccc4c(-n5c6ccccc6c6ccccc65)ccc5ccc2c3c54)cc(C(C)(C)C)c1. The van der Waals surface area contributed by atoms with E-state index < -0.39 is 0 Å². The van der Waals surface area contributed by atoms with Gasteiger partial charge in [0.2, 0.25) is 0 Å². The summed E-state index contributed by atoms with van der Waals surface area (Å²) in [6, 6.07) is 72.3. The first-order chi connectivity index (χ1) is 30.0. The van der Waals surface area contributed by atoms with Crippen LogP contribution in [0.15, 0.2) is 194 Å². The zero-order valence-electron chi connectivity index (χ0n) is 36.4. The third-order valence-corrected chi connectivity index (χ3v) is 13.0. The molecule has 1 aromatic heterocycles. The third kappa shape index (κ3) is 6.16. The Hall–Kier alpha value is -7.16. The average molecular weight is 799 g/mol. The molecule has 0 aliphatic heterocycles. The summed E-state index contributed by atoms with van der Waals surface area (Å²) in [6.45, 7) is 14.0. The molecule has 0 radical (unpaired) electrons. The molecule has 10 aromatic carbocycles. The Morgan fingerprint density at radius 2 is 0.871 bits per heavy atom. The van der Waals surface area contributed by atoms with Crippen molar-refractivity contribution in [2.24, 2.45) is 0 Å². The number of anilines is 3. The van der Waals surface area contributed by atoms with Crippen LogP contribution < -0.4 is 4.90 Å². The van der Waals surface area contributed by atoms with Crippen LogP contribution in [0.5, 0.6) is 0 Å². The van der Waals surface area contributed by atoms with E-state index in [-0.39, 0.29) is 10.8 Å². The first-order valence-corrected chi connectivity index (χ1v) is 21.9. The highest BCUT2D eigenvalue weighted by Crippen LogP contribution is 2.48. The summed E-state index contributed by atoms with van der Waals surface area (Å²) in [4.78, 5) is 2.53. The molecule has 11 rings (SSSR count). The van der Waals surface area contributed by atoms with E-state index in [1.165, 1.54) is 93.2 Å². The van der Waals surface area contributed by atoms with Gasteiger partial charge >= 0.3 is 0 Å². The van der Waals surface area contributed by atoms with E-state index in [4.69, 9.17) is 0 Å². The molecule has 0 aliphatic carbocycles. The Bertz CT molecular complexity index is 3380. The van der Waals surface area contributed by atoms with Crippen LogP contribution in [0.2, 0.25) is 0 Å². The lowest BCUT2D eigenvalue weighted by Gasteiger charge is -2.32. The summed E-state index contributed by atoms with van der Waals surface area (Å²) < 4.78 is 2.47. The maximum absolute atomic E-state index is 2.53. The Morgan fingerprint density at radius 1 is 0.371 bits per heavy atom. The first kappa shape index (κ1) is 37.8. The van der Waals surface area contributed by atoms with Crippen LogP contribution >= 0.6 is 0 Å². The molecular formula is C60H50N2. The van der Waals surface area contributed by atoms with Gasteiger partial charge in [-0.05, 0) is 114 Å². The maximum Gasteiger partial charge on any atom is 0.0541 e. The minimum Gasteiger partial charge on any atom is -0.310 e. The Labute approximate surface area is 364 Å². The summed E-state index contributed by atoms with van der Waals surface area (Å²) >= 11 is 0. The molecule has 300 valence electrons. The topological polar surface area (TPSA) is 8.17 Å². The highest BCUT2D eigenvalue weighted by atomic mass is 15.1. The van der Waals surface area contributed by atoms with Crippen molar-refractivity contribution in [1.29, 1.82) is 0 Å². The van der Waals surface area contributed by atoms with E-state index in [0.29, 0.717) is 0 Å². The lowest BCUT2D eigenvalue weighted by Crippen LogP contribution is -2.19. The smallest absolute Gasteiger partial charge is 0.0541 e. The second-order valence-corrected chi connectivity index (χ2v) is 19.0. The number of hydrogen-bond donors (Lipinski definition) is 0. The molecule has 0 aliphatic rings. The zero-order valence-corrected chi connectivity index (χ0v) is 36.4. The molecule has 1 heterocycles. The predicted molar refractivity (Wildman–Crippen MR) is 267 cm³/mol. The number of hydrogen-bond acceptors (Lipinski definition) is 1. The van der Waals surface area contributed by atoms with Crippen LogP contribution in [-0.2, 0) is 10.8 Å². The average Bonchev–Trinajstić information content (AvgIpc) is 3.62. The highest BCUT2D eigenvalue weighted by Gasteiger charge is 2.26. The van der Waals surface area contributed by atoms with E-state index in [0.717, 1.165) is 17.1 Å². The molecule has 0 spiro atoms. The van der Waals surface area contributed by atoms with Crippen molar-refractivity contribution in [2.75, 3.05) is 4.90 Å². The largest absolute Gasteiger partial charge is 0.310 e. The standard InChI is InChI=1S/C60H50N2/c1-59(2,3)43-35-44(60(4,5)6)37-46(36-43)61(45-29-32-47(39-17-9-7-10-18-39)52(38-45)40-19-11-8-12-20-40)55-33-27-41-26-31-51-56(34-28-42-25-30-50(55)57(41)58(42)51)62-53-23-15-13-21-48(53)49-22-14-16-24-54(49)62/h7-38H,1-6H3. The van der Waals surface area contributed by atoms with Gasteiger partial charge in [0.15, 0.2) is 0 Å². The quantitative estimate of drug-likeness (QED) is 0.152. The Morgan fingerprint density at radius 3 is 1.47 bits per heavy atom. The predicted octanol–water partition coefficient (Wildman–Crippen LogP) is 17.1. The van der Waals surface area contributed by atoms with Gasteiger partial charge in [-0.3, -0.25) is 0 Å². The number of para-hydroxylation sites is 2. The van der Waals surface area contributed by atoms with Crippen molar-refractivity contribution >= 4 is 71.2 Å². The van der Waals surface area contributed by atoms with Crippen LogP contribution in [0.3, 0.4) is 0 Å². The highest BCUT2D eigenvalue weighted by molar-refractivity contribution is 6.27. The van der Waals surface area contributed by atoms with Crippen molar-refractivity contribution < 1.29 is 0 Å². The number of aromatic nitrogens is 1. The molecule has 0 saturated heterocycles. The molecule has 0 N–H and O–H groups in total. The van der Waals surface area contributed by atoms with Crippen molar-refractivity contribution in [3.8, 4) is 27.9 Å². The summed E-state index contributed by atoms with van der Waals surface area (Å²) in [7, 11) is 0. The molecule has 0 atom stereocenters. The van der Waals surface area contributed by atoms with E-state index in [2.05, 4.69) is 245 Å². The molecule has 0 amide bonds. The minimum atomic E-state index is -0.0556. The maximum atomic E-state index is 2.53. The van der Waals surface area contributed by atoms with Gasteiger partial charge in [0.05, 0.1) is 22.4 Å². The van der Waals surface area contributed by atoms with Crippen LogP contribution in [0.25, 0.3) is 82.1 Å². The molecule has 62 heavy (non-hydrogen) atoms. The number of benzene rings is 10. The molecule has 0 fully saturated rings. The zero-order chi connectivity index (χ0) is 42.3. The van der Waals surface area contributed by atoms with Crippen molar-refractivity contribution in [3.05, 3.63) is 205 Å². The first-order valence-electron chi connectivity index (χ1n) is 21.9. The Balaban J connectivity index is 1.22. The van der Waals surface area contributed by atoms with E-state index in [9.17, 15) is 0 Å². The second-order valence-electron chi connectivity index (χ2n) is 19.0. The Kier molecular flexibility index (Phi) is 8.67. The lowest BCUT2D eigenvalue weighted by atomic mass is 9.80. The van der Waals surface area contributed by atoms with Gasteiger partial charge in [0.1, 0.15) is 0 Å². The molecule has 0 bridgehead atoms. The van der Waals surface area contributed by atoms with Gasteiger partial charge < -0.3 is 9.47 Å². The van der Waals surface area contributed by atoms with Crippen molar-refractivity contribution in [3.63, 3.8) is 0 Å². The van der Waals surface area contributed by atoms with Gasteiger partial charge in [-0.15, -0.1) is 0 Å². The van der Waals surface area contributed by atoms with E-state index >= 15 is 0 Å². The summed E-state index contributed by atoms with van der Waals surface area (Å²) in [5, 5.41) is 10.1. The second kappa shape index (κ2) is 14.2. The lowest BCUT2D eigenvalue weighted by molar-refractivity contribution is 0.569. The molecule has 2 heteroatoms. The van der Waals surface area contributed by atoms with Crippen LogP contribution in [0.1, 0.15) is 52.7 Å². The van der Waals surface area contributed by atoms with Gasteiger partial charge in [-0.1, -0.05) is 187 Å². The molecule has 2 nitrogen and oxygen atoms in total. The third-order valence-electron chi connectivity index (χ3n) is 13.0. The number of fused-ring (bicyclic) bond motifs is 3. The van der Waals surface area contributed by atoms with E-state index in [1.54, 1.807) is 0 Å². The molecule has 0 unspecified atom stereocenters. The van der Waals surface area contributed by atoms with Crippen LogP contribution in [0, 0.1) is 0 Å². The monoisotopic (exact) mass is 798 g/mol. The van der Waals surface area contributed by atoms with Crippen LogP contribution in [-0.4, -0.2) is 4.57 Å². The molecule has 0 saturated carbocycles.